The van der Waals surface area contributed by atoms with Crippen LogP contribution in [0.2, 0.25) is 0 Å². The lowest BCUT2D eigenvalue weighted by molar-refractivity contribution is -0.143. The first-order valence-corrected chi connectivity index (χ1v) is 10.5. The van der Waals surface area contributed by atoms with E-state index < -0.39 is 72.1 Å². The topological polar surface area (TPSA) is 231 Å². The van der Waals surface area contributed by atoms with Gasteiger partial charge in [0.2, 0.25) is 23.6 Å². The van der Waals surface area contributed by atoms with E-state index in [4.69, 9.17) is 16.6 Å². The Morgan fingerprint density at radius 2 is 1.36 bits per heavy atom. The van der Waals surface area contributed by atoms with Crippen molar-refractivity contribution in [2.75, 3.05) is 0 Å². The van der Waals surface area contributed by atoms with Gasteiger partial charge < -0.3 is 37.6 Å². The Morgan fingerprint density at radius 1 is 0.818 bits per heavy atom. The maximum absolute atomic E-state index is 12.9. The summed E-state index contributed by atoms with van der Waals surface area (Å²) in [5, 5.41) is 25.3. The highest BCUT2D eigenvalue weighted by atomic mass is 16.4. The second-order valence-corrected chi connectivity index (χ2v) is 8.53. The molecule has 0 aromatic rings. The molecule has 0 aromatic heterocycles. The summed E-state index contributed by atoms with van der Waals surface area (Å²) >= 11 is 0. The van der Waals surface area contributed by atoms with E-state index in [-0.39, 0.29) is 25.2 Å². The van der Waals surface area contributed by atoms with Gasteiger partial charge in [-0.15, -0.1) is 0 Å². The predicted molar refractivity (Wildman–Crippen MR) is 116 cm³/mol. The van der Waals surface area contributed by atoms with Gasteiger partial charge in [0.25, 0.3) is 0 Å². The Kier molecular flexibility index (Phi) is 12.7. The van der Waals surface area contributed by atoms with Crippen LogP contribution in [-0.2, 0) is 28.8 Å². The first kappa shape index (κ1) is 29.8. The number of carboxylic acids is 2. The van der Waals surface area contributed by atoms with Crippen LogP contribution in [0.3, 0.4) is 0 Å². The van der Waals surface area contributed by atoms with Crippen LogP contribution in [0.1, 0.15) is 53.4 Å². The summed E-state index contributed by atoms with van der Waals surface area (Å²) in [5.41, 5.74) is 10.6. The quantitative estimate of drug-likeness (QED) is 0.143. The zero-order valence-corrected chi connectivity index (χ0v) is 19.3. The van der Waals surface area contributed by atoms with Gasteiger partial charge in [-0.1, -0.05) is 27.7 Å². The molecule has 0 fully saturated rings. The molecule has 4 unspecified atom stereocenters. The number of aliphatic carboxylic acids is 2. The van der Waals surface area contributed by atoms with E-state index in [1.807, 2.05) is 0 Å². The van der Waals surface area contributed by atoms with Crippen molar-refractivity contribution in [1.82, 2.24) is 16.0 Å². The van der Waals surface area contributed by atoms with Gasteiger partial charge in [-0.3, -0.25) is 24.0 Å². The smallest absolute Gasteiger partial charge is 0.326 e. The van der Waals surface area contributed by atoms with Gasteiger partial charge in [0.05, 0.1) is 12.5 Å². The number of primary amides is 1. The third-order valence-corrected chi connectivity index (χ3v) is 4.61. The molecule has 0 aliphatic carbocycles. The number of hydrogen-bond acceptors (Lipinski definition) is 7. The third kappa shape index (κ3) is 11.8. The van der Waals surface area contributed by atoms with Gasteiger partial charge in [-0.25, -0.2) is 4.79 Å². The number of carbonyl (C=O) groups excluding carboxylic acids is 4. The number of hydrogen-bond donors (Lipinski definition) is 7. The van der Waals surface area contributed by atoms with Gasteiger partial charge in [-0.05, 0) is 24.7 Å². The van der Waals surface area contributed by atoms with Crippen LogP contribution < -0.4 is 27.4 Å². The van der Waals surface area contributed by atoms with E-state index in [0.717, 1.165) is 0 Å². The van der Waals surface area contributed by atoms with Crippen molar-refractivity contribution in [1.29, 1.82) is 0 Å². The Labute approximate surface area is 192 Å². The average molecular weight is 474 g/mol. The standard InChI is InChI=1S/C20H35N5O8/c1-9(2)7-13(24-17(29)11(21)8-15(27)28)18(30)25-16(10(3)4)19(31)23-12(20(32)33)5-6-14(22)26/h9-13,16H,5-8,21H2,1-4H3,(H2,22,26)(H,23,31)(H,24,29)(H,25,30)(H,27,28)(H,32,33). The van der Waals surface area contributed by atoms with Crippen LogP contribution in [-0.4, -0.2) is 69.9 Å². The lowest BCUT2D eigenvalue weighted by Gasteiger charge is -2.27. The molecule has 0 radical (unpaired) electrons. The fourth-order valence-electron chi connectivity index (χ4n) is 2.86. The fourth-order valence-corrected chi connectivity index (χ4v) is 2.86. The molecule has 0 bridgehead atoms. The van der Waals surface area contributed by atoms with E-state index in [1.165, 1.54) is 0 Å². The summed E-state index contributed by atoms with van der Waals surface area (Å²) in [7, 11) is 0. The maximum Gasteiger partial charge on any atom is 0.326 e. The molecule has 33 heavy (non-hydrogen) atoms. The van der Waals surface area contributed by atoms with Crippen LogP contribution in [0.15, 0.2) is 0 Å². The molecular weight excluding hydrogens is 438 g/mol. The molecule has 188 valence electrons. The lowest BCUT2D eigenvalue weighted by Crippen LogP contribution is -2.58. The Morgan fingerprint density at radius 3 is 1.79 bits per heavy atom. The highest BCUT2D eigenvalue weighted by molar-refractivity contribution is 5.94. The van der Waals surface area contributed by atoms with E-state index >= 15 is 0 Å². The number of nitrogens with one attached hydrogen (secondary N) is 3. The number of rotatable bonds is 15. The van der Waals surface area contributed by atoms with Crippen molar-refractivity contribution in [3.05, 3.63) is 0 Å². The Balaban J connectivity index is 5.43. The summed E-state index contributed by atoms with van der Waals surface area (Å²) in [6.07, 6.45) is -0.918. The predicted octanol–water partition coefficient (Wildman–Crippen LogP) is -1.70. The summed E-state index contributed by atoms with van der Waals surface area (Å²) in [6.45, 7) is 6.85. The molecule has 9 N–H and O–H groups in total. The van der Waals surface area contributed by atoms with Crippen LogP contribution in [0.4, 0.5) is 0 Å². The van der Waals surface area contributed by atoms with E-state index in [2.05, 4.69) is 16.0 Å². The Bertz CT molecular complexity index is 740. The molecule has 0 aliphatic rings. The number of amides is 4. The minimum Gasteiger partial charge on any atom is -0.481 e. The zero-order valence-electron chi connectivity index (χ0n) is 19.3. The summed E-state index contributed by atoms with van der Waals surface area (Å²) in [6, 6.07) is -5.00. The summed E-state index contributed by atoms with van der Waals surface area (Å²) < 4.78 is 0. The maximum atomic E-state index is 12.9. The molecule has 13 heteroatoms. The van der Waals surface area contributed by atoms with Gasteiger partial charge in [-0.2, -0.15) is 0 Å². The van der Waals surface area contributed by atoms with E-state index in [0.29, 0.717) is 0 Å². The van der Waals surface area contributed by atoms with Crippen LogP contribution in [0, 0.1) is 11.8 Å². The second kappa shape index (κ2) is 14.0. The van der Waals surface area contributed by atoms with E-state index in [1.54, 1.807) is 27.7 Å². The largest absolute Gasteiger partial charge is 0.481 e. The highest BCUT2D eigenvalue weighted by Gasteiger charge is 2.32. The van der Waals surface area contributed by atoms with E-state index in [9.17, 15) is 33.9 Å². The lowest BCUT2D eigenvalue weighted by atomic mass is 9.99. The van der Waals surface area contributed by atoms with Crippen molar-refractivity contribution < 1.29 is 39.0 Å². The molecule has 0 heterocycles. The van der Waals surface area contributed by atoms with Gasteiger partial charge in [0, 0.05) is 6.42 Å². The minimum absolute atomic E-state index is 0.0479. The normalized spacial score (nSPS) is 14.6. The summed E-state index contributed by atoms with van der Waals surface area (Å²) in [5.74, 6) is -6.19. The van der Waals surface area contributed by atoms with Crippen molar-refractivity contribution in [2.24, 2.45) is 23.3 Å². The molecular formula is C20H35N5O8. The van der Waals surface area contributed by atoms with Crippen LogP contribution in [0.25, 0.3) is 0 Å². The molecule has 0 aromatic carbocycles. The molecule has 0 spiro atoms. The van der Waals surface area contributed by atoms with Crippen LogP contribution in [0.5, 0.6) is 0 Å². The molecule has 0 saturated heterocycles. The molecule has 0 aliphatic heterocycles. The first-order valence-electron chi connectivity index (χ1n) is 10.5. The summed E-state index contributed by atoms with van der Waals surface area (Å²) in [4.78, 5) is 70.9. The molecule has 13 nitrogen and oxygen atoms in total. The van der Waals surface area contributed by atoms with Crippen molar-refractivity contribution in [3.8, 4) is 0 Å². The van der Waals surface area contributed by atoms with Crippen LogP contribution >= 0.6 is 0 Å². The van der Waals surface area contributed by atoms with Crippen molar-refractivity contribution in [2.45, 2.75) is 77.5 Å². The van der Waals surface area contributed by atoms with Crippen molar-refractivity contribution in [3.63, 3.8) is 0 Å². The average Bonchev–Trinajstić information content (AvgIpc) is 2.66. The molecule has 0 saturated carbocycles. The number of carboxylic acid groups (broad SMARTS) is 2. The van der Waals surface area contributed by atoms with Crippen molar-refractivity contribution >= 4 is 35.6 Å². The molecule has 4 atom stereocenters. The number of carbonyl (C=O) groups is 6. The van der Waals surface area contributed by atoms with Gasteiger partial charge in [0.1, 0.15) is 18.1 Å². The zero-order chi connectivity index (χ0) is 25.9. The fraction of sp³-hybridized carbons (Fsp3) is 0.700. The molecule has 4 amide bonds. The third-order valence-electron chi connectivity index (χ3n) is 4.61. The van der Waals surface area contributed by atoms with Gasteiger partial charge >= 0.3 is 11.9 Å². The monoisotopic (exact) mass is 473 g/mol. The molecule has 0 rings (SSSR count). The number of nitrogens with two attached hydrogens (primary N) is 2. The Hall–Kier alpha value is -3.22. The first-order chi connectivity index (χ1) is 15.1. The SMILES string of the molecule is CC(C)CC(NC(=O)C(N)CC(=O)O)C(=O)NC(C(=O)NC(CCC(N)=O)C(=O)O)C(C)C. The second-order valence-electron chi connectivity index (χ2n) is 8.53. The highest BCUT2D eigenvalue weighted by Crippen LogP contribution is 2.09. The van der Waals surface area contributed by atoms with Gasteiger partial charge in [0.15, 0.2) is 0 Å². The minimum atomic E-state index is -1.39.